The van der Waals surface area contributed by atoms with E-state index in [2.05, 4.69) is 43.4 Å². The summed E-state index contributed by atoms with van der Waals surface area (Å²) >= 11 is 0. The summed E-state index contributed by atoms with van der Waals surface area (Å²) in [6, 6.07) is 19.1. The number of halogens is 1. The highest BCUT2D eigenvalue weighted by Crippen LogP contribution is 2.50. The first-order valence-corrected chi connectivity index (χ1v) is 9.73. The van der Waals surface area contributed by atoms with Gasteiger partial charge in [-0.15, -0.1) is 0 Å². The Kier molecular flexibility index (Phi) is 3.70. The first-order valence-electron chi connectivity index (χ1n) is 9.73. The molecule has 0 amide bonds. The Morgan fingerprint density at radius 3 is 2.50 bits per heavy atom. The molecule has 0 bridgehead atoms. The van der Waals surface area contributed by atoms with Crippen LogP contribution in [0.5, 0.6) is 0 Å². The van der Waals surface area contributed by atoms with Gasteiger partial charge in [0.05, 0.1) is 5.69 Å². The lowest BCUT2D eigenvalue weighted by atomic mass is 9.68. The molecule has 0 saturated carbocycles. The lowest BCUT2D eigenvalue weighted by Gasteiger charge is -2.40. The molecule has 0 radical (unpaired) electrons. The molecule has 2 nitrogen and oxygen atoms in total. The average Bonchev–Trinajstić information content (AvgIpc) is 2.66. The minimum atomic E-state index is -0.262. The van der Waals surface area contributed by atoms with Crippen molar-refractivity contribution in [1.29, 1.82) is 0 Å². The van der Waals surface area contributed by atoms with Crippen molar-refractivity contribution in [2.75, 3.05) is 5.32 Å². The van der Waals surface area contributed by atoms with E-state index in [0.717, 1.165) is 45.3 Å². The number of rotatable bonds is 1. The Morgan fingerprint density at radius 2 is 1.71 bits per heavy atom. The van der Waals surface area contributed by atoms with E-state index in [4.69, 9.17) is 0 Å². The van der Waals surface area contributed by atoms with Crippen molar-refractivity contribution >= 4 is 22.2 Å². The van der Waals surface area contributed by atoms with Crippen LogP contribution in [-0.4, -0.2) is 5.78 Å². The molecule has 0 saturated heterocycles. The van der Waals surface area contributed by atoms with Gasteiger partial charge in [-0.05, 0) is 40.5 Å². The predicted molar refractivity (Wildman–Crippen MR) is 111 cm³/mol. The van der Waals surface area contributed by atoms with Crippen LogP contribution in [0.4, 0.5) is 10.1 Å². The fourth-order valence-corrected chi connectivity index (χ4v) is 4.76. The van der Waals surface area contributed by atoms with E-state index in [-0.39, 0.29) is 22.9 Å². The van der Waals surface area contributed by atoms with E-state index in [1.54, 1.807) is 0 Å². The monoisotopic (exact) mass is 371 g/mol. The maximum absolute atomic E-state index is 13.6. The number of nitrogens with one attached hydrogen (secondary N) is 1. The molecule has 140 valence electrons. The lowest BCUT2D eigenvalue weighted by Crippen LogP contribution is -2.33. The van der Waals surface area contributed by atoms with Crippen LogP contribution >= 0.6 is 0 Å². The zero-order valence-corrected chi connectivity index (χ0v) is 16.1. The number of hydrogen-bond donors (Lipinski definition) is 1. The van der Waals surface area contributed by atoms with Gasteiger partial charge < -0.3 is 5.32 Å². The minimum absolute atomic E-state index is 0.0711. The fourth-order valence-electron chi connectivity index (χ4n) is 4.76. The molecule has 1 heterocycles. The molecule has 1 atom stereocenters. The lowest BCUT2D eigenvalue weighted by molar-refractivity contribution is -0.118. The normalized spacial score (nSPS) is 20.5. The van der Waals surface area contributed by atoms with E-state index in [1.165, 1.54) is 12.1 Å². The van der Waals surface area contributed by atoms with Crippen molar-refractivity contribution in [3.05, 3.63) is 88.9 Å². The summed E-state index contributed by atoms with van der Waals surface area (Å²) in [5.74, 6) is -0.242. The molecule has 3 aromatic carbocycles. The topological polar surface area (TPSA) is 29.1 Å². The summed E-state index contributed by atoms with van der Waals surface area (Å²) < 4.78 is 13.6. The molecule has 0 fully saturated rings. The van der Waals surface area contributed by atoms with Gasteiger partial charge in [-0.25, -0.2) is 4.39 Å². The highest BCUT2D eigenvalue weighted by molar-refractivity contribution is 6.05. The average molecular weight is 371 g/mol. The summed E-state index contributed by atoms with van der Waals surface area (Å²) in [5, 5.41) is 5.94. The number of hydrogen-bond acceptors (Lipinski definition) is 2. The first kappa shape index (κ1) is 17.2. The standard InChI is InChI=1S/C25H22FNO/c1-25(2)13-20-23(21(28)14-25)22(16-7-10-17(26)11-8-16)19-12-9-15-5-3-4-6-18(15)24(19)27-20/h3-12,22,27H,13-14H2,1-2H3/t22-/m0/s1. The van der Waals surface area contributed by atoms with Crippen molar-refractivity contribution in [3.63, 3.8) is 0 Å². The van der Waals surface area contributed by atoms with E-state index in [1.807, 2.05) is 24.3 Å². The first-order chi connectivity index (χ1) is 13.4. The second-order valence-electron chi connectivity index (χ2n) is 8.69. The van der Waals surface area contributed by atoms with Crippen molar-refractivity contribution in [1.82, 2.24) is 0 Å². The van der Waals surface area contributed by atoms with Crippen LogP contribution < -0.4 is 5.32 Å². The van der Waals surface area contributed by atoms with Crippen LogP contribution in [0.1, 0.15) is 43.7 Å². The third-order valence-electron chi connectivity index (χ3n) is 5.96. The molecule has 5 rings (SSSR count). The molecule has 1 aliphatic heterocycles. The van der Waals surface area contributed by atoms with Crippen molar-refractivity contribution in [2.45, 2.75) is 32.6 Å². The molecule has 0 unspecified atom stereocenters. The number of benzene rings is 3. The largest absolute Gasteiger partial charge is 0.358 e. The van der Waals surface area contributed by atoms with Gasteiger partial charge in [0.15, 0.2) is 5.78 Å². The number of carbonyl (C=O) groups is 1. The van der Waals surface area contributed by atoms with Gasteiger partial charge >= 0.3 is 0 Å². The molecule has 0 spiro atoms. The van der Waals surface area contributed by atoms with Crippen molar-refractivity contribution in [2.24, 2.45) is 5.41 Å². The maximum Gasteiger partial charge on any atom is 0.162 e. The second-order valence-corrected chi connectivity index (χ2v) is 8.69. The molecule has 28 heavy (non-hydrogen) atoms. The second kappa shape index (κ2) is 6.03. The van der Waals surface area contributed by atoms with Gasteiger partial charge in [-0.1, -0.05) is 62.4 Å². The number of ketones is 1. The minimum Gasteiger partial charge on any atom is -0.358 e. The van der Waals surface area contributed by atoms with Gasteiger partial charge in [-0.2, -0.15) is 0 Å². The summed E-state index contributed by atoms with van der Waals surface area (Å²) in [6.07, 6.45) is 1.36. The van der Waals surface area contributed by atoms with Gasteiger partial charge in [0, 0.05) is 29.0 Å². The summed E-state index contributed by atoms with van der Waals surface area (Å²) in [4.78, 5) is 13.2. The van der Waals surface area contributed by atoms with Crippen molar-refractivity contribution < 1.29 is 9.18 Å². The Bertz CT molecular complexity index is 1140. The Labute approximate surface area is 164 Å². The Balaban J connectivity index is 1.79. The molecule has 0 aromatic heterocycles. The number of Topliss-reactive ketones (excluding diaryl/α,β-unsaturated/α-hetero) is 1. The summed E-state index contributed by atoms with van der Waals surface area (Å²) in [7, 11) is 0. The third-order valence-corrected chi connectivity index (χ3v) is 5.96. The van der Waals surface area contributed by atoms with E-state index in [9.17, 15) is 9.18 Å². The quantitative estimate of drug-likeness (QED) is 0.553. The van der Waals surface area contributed by atoms with Crippen LogP contribution in [0.3, 0.4) is 0 Å². The van der Waals surface area contributed by atoms with Gasteiger partial charge in [0.2, 0.25) is 0 Å². The number of fused-ring (bicyclic) bond motifs is 3. The van der Waals surface area contributed by atoms with Crippen LogP contribution in [0.15, 0.2) is 71.9 Å². The van der Waals surface area contributed by atoms with Crippen molar-refractivity contribution in [3.8, 4) is 0 Å². The van der Waals surface area contributed by atoms with Crippen LogP contribution in [0.25, 0.3) is 10.8 Å². The Hall–Kier alpha value is -2.94. The smallest absolute Gasteiger partial charge is 0.162 e. The fraction of sp³-hybridized carbons (Fsp3) is 0.240. The number of carbonyl (C=O) groups excluding carboxylic acids is 1. The molecular weight excluding hydrogens is 349 g/mol. The zero-order chi connectivity index (χ0) is 19.5. The molecule has 1 aliphatic carbocycles. The molecule has 3 aromatic rings. The highest BCUT2D eigenvalue weighted by Gasteiger charge is 2.40. The number of anilines is 1. The van der Waals surface area contributed by atoms with E-state index in [0.29, 0.717) is 6.42 Å². The van der Waals surface area contributed by atoms with Crippen LogP contribution in [-0.2, 0) is 4.79 Å². The van der Waals surface area contributed by atoms with E-state index < -0.39 is 0 Å². The number of allylic oxidation sites excluding steroid dienone is 2. The molecule has 3 heteroatoms. The summed E-state index contributed by atoms with van der Waals surface area (Å²) in [6.45, 7) is 4.28. The SMILES string of the molecule is CC1(C)CC(=O)C2=C(C1)Nc1c(ccc3ccccc13)[C@@H]2c1ccc(F)cc1. The van der Waals surface area contributed by atoms with Gasteiger partial charge in [0.25, 0.3) is 0 Å². The molecule has 1 N–H and O–H groups in total. The highest BCUT2D eigenvalue weighted by atomic mass is 19.1. The molecule has 2 aliphatic rings. The Morgan fingerprint density at radius 1 is 0.964 bits per heavy atom. The van der Waals surface area contributed by atoms with E-state index >= 15 is 0 Å². The molecular formula is C25H22FNO. The summed E-state index contributed by atoms with van der Waals surface area (Å²) in [5.41, 5.74) is 4.89. The zero-order valence-electron chi connectivity index (χ0n) is 16.1. The van der Waals surface area contributed by atoms with Gasteiger partial charge in [0.1, 0.15) is 5.82 Å². The van der Waals surface area contributed by atoms with Crippen LogP contribution in [0, 0.1) is 11.2 Å². The predicted octanol–water partition coefficient (Wildman–Crippen LogP) is 6.18. The van der Waals surface area contributed by atoms with Crippen LogP contribution in [0.2, 0.25) is 0 Å². The van der Waals surface area contributed by atoms with Gasteiger partial charge in [-0.3, -0.25) is 4.79 Å². The third kappa shape index (κ3) is 2.65. The maximum atomic E-state index is 13.6.